The standard InChI is InChI=1S/C18H23ClN2O5S/c1-11-4-2-3-5-12(11)20-18(25)21-16(23)10-26-17(24)9-6-13(22)14-7-8-15(19)27-14/h7-8,11-12H,2-6,9-10H2,1H3,(H2,20,21,23,25). The van der Waals surface area contributed by atoms with Crippen LogP contribution in [0.25, 0.3) is 0 Å². The van der Waals surface area contributed by atoms with E-state index in [0.717, 1.165) is 37.0 Å². The van der Waals surface area contributed by atoms with Gasteiger partial charge < -0.3 is 10.1 Å². The minimum atomic E-state index is -0.708. The van der Waals surface area contributed by atoms with Crippen molar-refractivity contribution in [3.8, 4) is 0 Å². The molecule has 1 aromatic heterocycles. The fourth-order valence-electron chi connectivity index (χ4n) is 2.92. The Morgan fingerprint density at radius 3 is 2.59 bits per heavy atom. The lowest BCUT2D eigenvalue weighted by Gasteiger charge is -2.29. The number of ether oxygens (including phenoxy) is 1. The molecule has 1 aliphatic rings. The number of carbonyl (C=O) groups is 4. The Labute approximate surface area is 166 Å². The van der Waals surface area contributed by atoms with Crippen LogP contribution in [0.2, 0.25) is 4.34 Å². The van der Waals surface area contributed by atoms with E-state index >= 15 is 0 Å². The Bertz CT molecular complexity index is 706. The molecule has 9 heteroatoms. The largest absolute Gasteiger partial charge is 0.456 e. The monoisotopic (exact) mass is 414 g/mol. The van der Waals surface area contributed by atoms with Crippen LogP contribution < -0.4 is 10.6 Å². The summed E-state index contributed by atoms with van der Waals surface area (Å²) in [5.41, 5.74) is 0. The number of Topliss-reactive ketones (excluding diaryl/α,β-unsaturated/α-hetero) is 1. The van der Waals surface area contributed by atoms with Gasteiger partial charge in [-0.15, -0.1) is 11.3 Å². The molecule has 2 atom stereocenters. The van der Waals surface area contributed by atoms with E-state index in [-0.39, 0.29) is 24.7 Å². The average Bonchev–Trinajstić information content (AvgIpc) is 3.06. The molecule has 2 unspecified atom stereocenters. The third-order valence-electron chi connectivity index (χ3n) is 4.45. The van der Waals surface area contributed by atoms with Crippen LogP contribution in [0.4, 0.5) is 4.79 Å². The summed E-state index contributed by atoms with van der Waals surface area (Å²) in [6, 6.07) is 2.67. The van der Waals surface area contributed by atoms with Gasteiger partial charge in [0.25, 0.3) is 5.91 Å². The summed E-state index contributed by atoms with van der Waals surface area (Å²) >= 11 is 6.90. The van der Waals surface area contributed by atoms with E-state index in [1.165, 1.54) is 0 Å². The van der Waals surface area contributed by atoms with Crippen molar-refractivity contribution >= 4 is 46.6 Å². The Morgan fingerprint density at radius 1 is 1.19 bits per heavy atom. The molecule has 148 valence electrons. The molecule has 2 N–H and O–H groups in total. The normalized spacial score (nSPS) is 19.2. The minimum absolute atomic E-state index is 0.0304. The van der Waals surface area contributed by atoms with Gasteiger partial charge in [-0.1, -0.05) is 31.4 Å². The number of nitrogens with one attached hydrogen (secondary N) is 2. The van der Waals surface area contributed by atoms with Crippen molar-refractivity contribution in [2.45, 2.75) is 51.5 Å². The lowest BCUT2D eigenvalue weighted by atomic mass is 9.86. The molecule has 1 aromatic rings. The zero-order chi connectivity index (χ0) is 19.8. The van der Waals surface area contributed by atoms with Crippen LogP contribution in [0.15, 0.2) is 12.1 Å². The Balaban J connectivity index is 1.63. The molecule has 0 saturated heterocycles. The summed E-state index contributed by atoms with van der Waals surface area (Å²) in [5.74, 6) is -1.23. The molecule has 0 radical (unpaired) electrons. The van der Waals surface area contributed by atoms with Crippen molar-refractivity contribution < 1.29 is 23.9 Å². The molecule has 3 amide bonds. The second-order valence-electron chi connectivity index (χ2n) is 6.58. The van der Waals surface area contributed by atoms with Crippen molar-refractivity contribution in [3.05, 3.63) is 21.3 Å². The Kier molecular flexibility index (Phi) is 8.24. The van der Waals surface area contributed by atoms with Crippen LogP contribution in [0, 0.1) is 5.92 Å². The summed E-state index contributed by atoms with van der Waals surface area (Å²) in [4.78, 5) is 47.6. The number of hydrogen-bond donors (Lipinski definition) is 2. The van der Waals surface area contributed by atoms with Crippen LogP contribution >= 0.6 is 22.9 Å². The maximum atomic E-state index is 11.9. The van der Waals surface area contributed by atoms with Crippen molar-refractivity contribution in [2.24, 2.45) is 5.92 Å². The summed E-state index contributed by atoms with van der Waals surface area (Å²) in [6.45, 7) is 1.50. The zero-order valence-corrected chi connectivity index (χ0v) is 16.7. The van der Waals surface area contributed by atoms with E-state index in [0.29, 0.717) is 15.1 Å². The van der Waals surface area contributed by atoms with Gasteiger partial charge in [0.05, 0.1) is 15.6 Å². The molecule has 0 aliphatic heterocycles. The molecule has 1 aliphatic carbocycles. The van der Waals surface area contributed by atoms with Gasteiger partial charge in [0, 0.05) is 12.5 Å². The minimum Gasteiger partial charge on any atom is -0.456 e. The summed E-state index contributed by atoms with van der Waals surface area (Å²) in [6.07, 6.45) is 3.97. The summed E-state index contributed by atoms with van der Waals surface area (Å²) < 4.78 is 5.30. The van der Waals surface area contributed by atoms with Crippen LogP contribution in [0.3, 0.4) is 0 Å². The van der Waals surface area contributed by atoms with Gasteiger partial charge >= 0.3 is 12.0 Å². The number of ketones is 1. The van der Waals surface area contributed by atoms with E-state index in [9.17, 15) is 19.2 Å². The fourth-order valence-corrected chi connectivity index (χ4v) is 3.93. The number of urea groups is 1. The number of rotatable bonds is 7. The average molecular weight is 415 g/mol. The van der Waals surface area contributed by atoms with Gasteiger partial charge in [-0.05, 0) is 30.9 Å². The fraction of sp³-hybridized carbons (Fsp3) is 0.556. The molecule has 0 aromatic carbocycles. The first-order valence-electron chi connectivity index (χ1n) is 8.89. The summed E-state index contributed by atoms with van der Waals surface area (Å²) in [5, 5.41) is 4.93. The number of hydrogen-bond acceptors (Lipinski definition) is 6. The number of thiophene rings is 1. The molecule has 7 nitrogen and oxygen atoms in total. The van der Waals surface area contributed by atoms with E-state index in [1.54, 1.807) is 12.1 Å². The highest BCUT2D eigenvalue weighted by Crippen LogP contribution is 2.24. The van der Waals surface area contributed by atoms with E-state index in [4.69, 9.17) is 16.3 Å². The topological polar surface area (TPSA) is 102 Å². The molecule has 0 spiro atoms. The zero-order valence-electron chi connectivity index (χ0n) is 15.1. The Morgan fingerprint density at radius 2 is 1.93 bits per heavy atom. The van der Waals surface area contributed by atoms with Gasteiger partial charge in [-0.3, -0.25) is 19.7 Å². The predicted octanol–water partition coefficient (Wildman–Crippen LogP) is 3.31. The SMILES string of the molecule is CC1CCCCC1NC(=O)NC(=O)COC(=O)CCC(=O)c1ccc(Cl)s1. The highest BCUT2D eigenvalue weighted by molar-refractivity contribution is 7.18. The first-order valence-corrected chi connectivity index (χ1v) is 10.1. The van der Waals surface area contributed by atoms with Gasteiger partial charge in [0.2, 0.25) is 0 Å². The van der Waals surface area contributed by atoms with Crippen molar-refractivity contribution in [1.29, 1.82) is 0 Å². The van der Waals surface area contributed by atoms with Crippen LogP contribution in [-0.4, -0.2) is 36.3 Å². The molecule has 2 rings (SSSR count). The first kappa shape index (κ1) is 21.4. The summed E-state index contributed by atoms with van der Waals surface area (Å²) in [7, 11) is 0. The number of halogens is 1. The highest BCUT2D eigenvalue weighted by Gasteiger charge is 2.23. The lowest BCUT2D eigenvalue weighted by molar-refractivity contribution is -0.148. The third-order valence-corrected chi connectivity index (χ3v) is 5.72. The second-order valence-corrected chi connectivity index (χ2v) is 8.29. The quantitative estimate of drug-likeness (QED) is 0.526. The van der Waals surface area contributed by atoms with Crippen molar-refractivity contribution in [3.63, 3.8) is 0 Å². The van der Waals surface area contributed by atoms with E-state index in [1.807, 2.05) is 0 Å². The second kappa shape index (κ2) is 10.4. The van der Waals surface area contributed by atoms with E-state index < -0.39 is 24.5 Å². The van der Waals surface area contributed by atoms with E-state index in [2.05, 4.69) is 17.6 Å². The van der Waals surface area contributed by atoms with Gasteiger partial charge in [0.15, 0.2) is 12.4 Å². The maximum absolute atomic E-state index is 11.9. The molecular formula is C18H23ClN2O5S. The third kappa shape index (κ3) is 7.30. The number of esters is 1. The first-order chi connectivity index (χ1) is 12.8. The Hall–Kier alpha value is -1.93. The molecule has 0 bridgehead atoms. The molecule has 1 heterocycles. The van der Waals surface area contributed by atoms with Crippen LogP contribution in [-0.2, 0) is 14.3 Å². The highest BCUT2D eigenvalue weighted by atomic mass is 35.5. The number of imide groups is 1. The molecular weight excluding hydrogens is 392 g/mol. The number of carbonyl (C=O) groups excluding carboxylic acids is 4. The molecule has 27 heavy (non-hydrogen) atoms. The van der Waals surface area contributed by atoms with Crippen molar-refractivity contribution in [2.75, 3.05) is 6.61 Å². The van der Waals surface area contributed by atoms with Gasteiger partial charge in [0.1, 0.15) is 0 Å². The molecule has 1 saturated carbocycles. The maximum Gasteiger partial charge on any atom is 0.321 e. The van der Waals surface area contributed by atoms with Gasteiger partial charge in [-0.2, -0.15) is 0 Å². The van der Waals surface area contributed by atoms with Crippen LogP contribution in [0.5, 0.6) is 0 Å². The smallest absolute Gasteiger partial charge is 0.321 e. The van der Waals surface area contributed by atoms with Gasteiger partial charge in [-0.25, -0.2) is 4.79 Å². The number of amides is 3. The predicted molar refractivity (Wildman–Crippen MR) is 102 cm³/mol. The van der Waals surface area contributed by atoms with Crippen molar-refractivity contribution in [1.82, 2.24) is 10.6 Å². The molecule has 1 fully saturated rings. The van der Waals surface area contributed by atoms with Crippen LogP contribution in [0.1, 0.15) is 55.1 Å². The lowest BCUT2D eigenvalue weighted by Crippen LogP contribution is -2.48.